The van der Waals surface area contributed by atoms with Crippen LogP contribution in [0, 0.1) is 11.6 Å². The van der Waals surface area contributed by atoms with E-state index in [1.165, 1.54) is 17.0 Å². The van der Waals surface area contributed by atoms with E-state index >= 15 is 0 Å². The van der Waals surface area contributed by atoms with Gasteiger partial charge in [0.15, 0.2) is 17.3 Å². The molecular weight excluding hydrogens is 412 g/mol. The van der Waals surface area contributed by atoms with Crippen molar-refractivity contribution >= 4 is 28.9 Å². The van der Waals surface area contributed by atoms with Crippen LogP contribution in [0.5, 0.6) is 0 Å². The third kappa shape index (κ3) is 3.58. The van der Waals surface area contributed by atoms with Crippen molar-refractivity contribution in [2.24, 2.45) is 0 Å². The summed E-state index contributed by atoms with van der Waals surface area (Å²) in [6, 6.07) is 2.97. The van der Waals surface area contributed by atoms with E-state index in [0.29, 0.717) is 12.6 Å². The summed E-state index contributed by atoms with van der Waals surface area (Å²) in [6.07, 6.45) is 1.85. The maximum atomic E-state index is 14.5. The molecule has 0 aromatic carbocycles. The van der Waals surface area contributed by atoms with Gasteiger partial charge in [-0.15, -0.1) is 0 Å². The molecule has 4 rings (SSSR count). The largest absolute Gasteiger partial charge is 0.462 e. The van der Waals surface area contributed by atoms with Gasteiger partial charge in [-0.05, 0) is 26.0 Å². The number of hydrogen-bond acceptors (Lipinski definition) is 6. The maximum absolute atomic E-state index is 14.5. The summed E-state index contributed by atoms with van der Waals surface area (Å²) in [5, 5.41) is 2.71. The summed E-state index contributed by atoms with van der Waals surface area (Å²) in [5.74, 6) is -2.98. The fourth-order valence-corrected chi connectivity index (χ4v) is 3.33. The van der Waals surface area contributed by atoms with Gasteiger partial charge in [-0.25, -0.2) is 28.3 Å². The Bertz CT molecular complexity index is 1280. The number of rotatable bonds is 4. The van der Waals surface area contributed by atoms with Gasteiger partial charge >= 0.3 is 12.0 Å². The molecule has 160 valence electrons. The number of carbonyl (C=O) groups excluding carboxylic acids is 2. The van der Waals surface area contributed by atoms with Gasteiger partial charge in [0.2, 0.25) is 5.43 Å². The highest BCUT2D eigenvalue weighted by Gasteiger charge is 2.29. The normalized spacial score (nSPS) is 15.9. The molecule has 1 N–H and O–H groups in total. The molecule has 1 saturated heterocycles. The van der Waals surface area contributed by atoms with Gasteiger partial charge in [0.1, 0.15) is 17.2 Å². The SMILES string of the molecule is CCOC(=O)c1cn(-c2ncc(F)cc2F)c2nc(N3C[C@@H](C)NC3=O)ccc2c1=O. The second-order valence-corrected chi connectivity index (χ2v) is 6.92. The fourth-order valence-electron chi connectivity index (χ4n) is 3.33. The van der Waals surface area contributed by atoms with Gasteiger partial charge in [-0.2, -0.15) is 0 Å². The van der Waals surface area contributed by atoms with E-state index in [1.54, 1.807) is 6.92 Å². The number of carbonyl (C=O) groups is 2. The van der Waals surface area contributed by atoms with Crippen molar-refractivity contribution in [1.29, 1.82) is 0 Å². The molecule has 1 aliphatic heterocycles. The fraction of sp³-hybridized carbons (Fsp3) is 0.250. The van der Waals surface area contributed by atoms with Crippen LogP contribution in [0.2, 0.25) is 0 Å². The third-order valence-electron chi connectivity index (χ3n) is 4.70. The Kier molecular flexibility index (Phi) is 5.09. The van der Waals surface area contributed by atoms with Crippen LogP contribution in [0.25, 0.3) is 16.9 Å². The van der Waals surface area contributed by atoms with Gasteiger partial charge in [0.05, 0.1) is 18.2 Å². The summed E-state index contributed by atoms with van der Waals surface area (Å²) in [7, 11) is 0. The number of fused-ring (bicyclic) bond motifs is 1. The summed E-state index contributed by atoms with van der Waals surface area (Å²) >= 11 is 0. The molecule has 0 aliphatic carbocycles. The predicted octanol–water partition coefficient (Wildman–Crippen LogP) is 2.15. The molecule has 0 radical (unpaired) electrons. The number of anilines is 1. The van der Waals surface area contributed by atoms with Crippen LogP contribution in [-0.2, 0) is 4.74 Å². The average molecular weight is 429 g/mol. The lowest BCUT2D eigenvalue weighted by Crippen LogP contribution is -2.29. The lowest BCUT2D eigenvalue weighted by molar-refractivity contribution is 0.0524. The van der Waals surface area contributed by atoms with Crippen molar-refractivity contribution in [3.63, 3.8) is 0 Å². The topological polar surface area (TPSA) is 106 Å². The highest BCUT2D eigenvalue weighted by atomic mass is 19.1. The summed E-state index contributed by atoms with van der Waals surface area (Å²) < 4.78 is 33.9. The first-order valence-corrected chi connectivity index (χ1v) is 9.43. The minimum atomic E-state index is -1.03. The van der Waals surface area contributed by atoms with E-state index in [2.05, 4.69) is 15.3 Å². The molecule has 0 unspecified atom stereocenters. The van der Waals surface area contributed by atoms with Crippen LogP contribution in [-0.4, -0.2) is 45.7 Å². The number of pyridine rings is 3. The van der Waals surface area contributed by atoms with E-state index in [9.17, 15) is 23.2 Å². The Hall–Kier alpha value is -3.89. The van der Waals surface area contributed by atoms with Crippen LogP contribution in [0.3, 0.4) is 0 Å². The second kappa shape index (κ2) is 7.74. The quantitative estimate of drug-likeness (QED) is 0.637. The molecule has 11 heteroatoms. The zero-order valence-corrected chi connectivity index (χ0v) is 16.6. The number of ether oxygens (including phenoxy) is 1. The van der Waals surface area contributed by atoms with Crippen molar-refractivity contribution in [1.82, 2.24) is 19.9 Å². The molecule has 0 spiro atoms. The van der Waals surface area contributed by atoms with Crippen molar-refractivity contribution in [3.8, 4) is 5.82 Å². The Morgan fingerprint density at radius 3 is 2.74 bits per heavy atom. The van der Waals surface area contributed by atoms with Crippen LogP contribution in [0.4, 0.5) is 19.4 Å². The molecule has 1 fully saturated rings. The summed E-state index contributed by atoms with van der Waals surface area (Å²) in [5.41, 5.74) is -1.09. The smallest absolute Gasteiger partial charge is 0.343 e. The van der Waals surface area contributed by atoms with E-state index < -0.39 is 23.0 Å². The van der Waals surface area contributed by atoms with Gasteiger partial charge in [0.25, 0.3) is 0 Å². The molecule has 2 amide bonds. The molecule has 1 atom stereocenters. The number of esters is 1. The highest BCUT2D eigenvalue weighted by Crippen LogP contribution is 2.23. The lowest BCUT2D eigenvalue weighted by atomic mass is 10.2. The number of amides is 2. The first kappa shape index (κ1) is 20.4. The number of urea groups is 1. The molecule has 0 saturated carbocycles. The van der Waals surface area contributed by atoms with Crippen LogP contribution in [0.1, 0.15) is 24.2 Å². The number of halogens is 2. The van der Waals surface area contributed by atoms with Gasteiger partial charge in [-0.1, -0.05) is 0 Å². The number of hydrogen-bond donors (Lipinski definition) is 1. The maximum Gasteiger partial charge on any atom is 0.343 e. The van der Waals surface area contributed by atoms with Crippen molar-refractivity contribution < 1.29 is 23.1 Å². The molecule has 3 aromatic heterocycles. The minimum absolute atomic E-state index is 0.0209. The monoisotopic (exact) mass is 429 g/mol. The van der Waals surface area contributed by atoms with E-state index in [1.807, 2.05) is 6.92 Å². The Morgan fingerprint density at radius 2 is 2.10 bits per heavy atom. The number of nitrogens with zero attached hydrogens (tertiary/aromatic N) is 4. The first-order chi connectivity index (χ1) is 14.8. The van der Waals surface area contributed by atoms with Crippen molar-refractivity contribution in [2.75, 3.05) is 18.1 Å². The summed E-state index contributed by atoms with van der Waals surface area (Å²) in [4.78, 5) is 46.9. The lowest BCUT2D eigenvalue weighted by Gasteiger charge is -2.17. The Balaban J connectivity index is 2.00. The zero-order valence-electron chi connectivity index (χ0n) is 16.6. The van der Waals surface area contributed by atoms with Crippen LogP contribution < -0.4 is 15.6 Å². The molecule has 1 aliphatic rings. The highest BCUT2D eigenvalue weighted by molar-refractivity contribution is 5.96. The van der Waals surface area contributed by atoms with Gasteiger partial charge < -0.3 is 10.1 Å². The standard InChI is InChI=1S/C20H17F2N5O4/c1-3-31-19(29)13-9-27(18-14(22)6-11(21)7-23-18)17-12(16(13)28)4-5-15(25-17)26-8-10(2)24-20(26)30/h4-7,9-10H,3,8H2,1-2H3,(H,24,30)/t10-/m1/s1. The predicted molar refractivity (Wildman–Crippen MR) is 106 cm³/mol. The number of nitrogens with one attached hydrogen (secondary N) is 1. The zero-order chi connectivity index (χ0) is 22.3. The van der Waals surface area contributed by atoms with E-state index in [0.717, 1.165) is 17.0 Å². The number of aromatic nitrogens is 3. The Labute approximate surface area is 174 Å². The second-order valence-electron chi connectivity index (χ2n) is 6.92. The summed E-state index contributed by atoms with van der Waals surface area (Å²) in [6.45, 7) is 3.76. The first-order valence-electron chi connectivity index (χ1n) is 9.43. The van der Waals surface area contributed by atoms with Crippen LogP contribution >= 0.6 is 0 Å². The molecule has 9 nitrogen and oxygen atoms in total. The molecule has 0 bridgehead atoms. The van der Waals surface area contributed by atoms with Crippen LogP contribution in [0.15, 0.2) is 35.4 Å². The van der Waals surface area contributed by atoms with Crippen molar-refractivity contribution in [3.05, 3.63) is 58.0 Å². The third-order valence-corrected chi connectivity index (χ3v) is 4.70. The molecule has 4 heterocycles. The van der Waals surface area contributed by atoms with E-state index in [-0.39, 0.29) is 46.9 Å². The molecule has 3 aromatic rings. The minimum Gasteiger partial charge on any atom is -0.462 e. The average Bonchev–Trinajstić information content (AvgIpc) is 3.07. The van der Waals surface area contributed by atoms with Gasteiger partial charge in [-0.3, -0.25) is 14.3 Å². The molecule has 31 heavy (non-hydrogen) atoms. The van der Waals surface area contributed by atoms with Gasteiger partial charge in [0, 0.05) is 24.8 Å². The van der Waals surface area contributed by atoms with E-state index in [4.69, 9.17) is 4.74 Å². The Morgan fingerprint density at radius 1 is 1.32 bits per heavy atom. The molecular formula is C20H17F2N5O4. The van der Waals surface area contributed by atoms with Crippen molar-refractivity contribution in [2.45, 2.75) is 19.9 Å².